The van der Waals surface area contributed by atoms with Crippen molar-refractivity contribution in [2.75, 3.05) is 11.9 Å². The van der Waals surface area contributed by atoms with Crippen molar-refractivity contribution in [1.82, 2.24) is 0 Å². The van der Waals surface area contributed by atoms with Gasteiger partial charge in [-0.25, -0.2) is 4.79 Å². The van der Waals surface area contributed by atoms with Crippen LogP contribution in [-0.2, 0) is 4.74 Å². The quantitative estimate of drug-likeness (QED) is 0.343. The molecule has 0 fully saturated rings. The van der Waals surface area contributed by atoms with Gasteiger partial charge in [-0.1, -0.05) is 30.6 Å². The molecule has 0 unspecified atom stereocenters. The van der Waals surface area contributed by atoms with Crippen LogP contribution in [0.1, 0.15) is 19.4 Å². The molecule has 0 saturated heterocycles. The minimum Gasteiger partial charge on any atom is -0.449 e. The number of carbonyl (C=O) groups excluding carboxylic acids is 1. The van der Waals surface area contributed by atoms with Gasteiger partial charge in [0.1, 0.15) is 0 Å². The van der Waals surface area contributed by atoms with Gasteiger partial charge in [-0.05, 0) is 24.1 Å². The van der Waals surface area contributed by atoms with Crippen molar-refractivity contribution < 1.29 is 14.7 Å². The summed E-state index contributed by atoms with van der Waals surface area (Å²) in [5, 5.41) is 14.5. The van der Waals surface area contributed by atoms with E-state index in [4.69, 9.17) is 27.3 Å². The van der Waals surface area contributed by atoms with Crippen LogP contribution in [0, 0.1) is 5.92 Å². The summed E-state index contributed by atoms with van der Waals surface area (Å²) in [6.07, 6.45) is -0.622. The van der Waals surface area contributed by atoms with Crippen molar-refractivity contribution >= 4 is 29.2 Å². The number of nitrogens with zero attached hydrogens (tertiary/aromatic N) is 1. The molecule has 7 heteroatoms. The summed E-state index contributed by atoms with van der Waals surface area (Å²) in [7, 11) is 0. The summed E-state index contributed by atoms with van der Waals surface area (Å²) < 4.78 is 4.98. The molecule has 0 aliphatic heterocycles. The molecule has 19 heavy (non-hydrogen) atoms. The Morgan fingerprint density at radius 3 is 2.84 bits per heavy atom. The van der Waals surface area contributed by atoms with Crippen molar-refractivity contribution in [3.05, 3.63) is 28.8 Å². The first-order valence-corrected chi connectivity index (χ1v) is 6.03. The van der Waals surface area contributed by atoms with Gasteiger partial charge in [0, 0.05) is 10.6 Å². The predicted octanol–water partition coefficient (Wildman–Crippen LogP) is 2.64. The SMILES string of the molecule is CC(C)COC(=O)Nc1cc(Cl)ccc1C(N)=NO. The Balaban J connectivity index is 2.87. The number of amidine groups is 1. The molecule has 1 aromatic carbocycles. The molecule has 4 N–H and O–H groups in total. The number of ether oxygens (including phenoxy) is 1. The fraction of sp³-hybridized carbons (Fsp3) is 0.333. The first-order valence-electron chi connectivity index (χ1n) is 5.65. The number of nitrogens with one attached hydrogen (secondary N) is 1. The highest BCUT2D eigenvalue weighted by Gasteiger charge is 2.12. The molecule has 0 aliphatic carbocycles. The van der Waals surface area contributed by atoms with Crippen LogP contribution in [0.4, 0.5) is 10.5 Å². The smallest absolute Gasteiger partial charge is 0.411 e. The maximum absolute atomic E-state index is 11.6. The second-order valence-electron chi connectivity index (χ2n) is 4.29. The summed E-state index contributed by atoms with van der Waals surface area (Å²) in [6, 6.07) is 4.60. The molecule has 0 radical (unpaired) electrons. The Morgan fingerprint density at radius 1 is 1.58 bits per heavy atom. The van der Waals surface area contributed by atoms with Crippen molar-refractivity contribution in [2.24, 2.45) is 16.8 Å². The van der Waals surface area contributed by atoms with Crippen LogP contribution in [0.2, 0.25) is 5.02 Å². The van der Waals surface area contributed by atoms with Crippen molar-refractivity contribution in [3.63, 3.8) is 0 Å². The number of benzene rings is 1. The third-order valence-electron chi connectivity index (χ3n) is 2.15. The van der Waals surface area contributed by atoms with Gasteiger partial charge in [0.15, 0.2) is 5.84 Å². The Morgan fingerprint density at radius 2 is 2.26 bits per heavy atom. The summed E-state index contributed by atoms with van der Waals surface area (Å²) >= 11 is 5.84. The molecule has 104 valence electrons. The molecule has 1 amide bonds. The summed E-state index contributed by atoms with van der Waals surface area (Å²) in [5.41, 5.74) is 6.18. The van der Waals surface area contributed by atoms with Crippen LogP contribution in [-0.4, -0.2) is 23.7 Å². The van der Waals surface area contributed by atoms with Gasteiger partial charge < -0.3 is 15.7 Å². The Labute approximate surface area is 116 Å². The number of hydrogen-bond acceptors (Lipinski definition) is 4. The molecule has 0 aromatic heterocycles. The second-order valence-corrected chi connectivity index (χ2v) is 4.73. The van der Waals surface area contributed by atoms with Gasteiger partial charge in [0.05, 0.1) is 12.3 Å². The highest BCUT2D eigenvalue weighted by Crippen LogP contribution is 2.21. The maximum Gasteiger partial charge on any atom is 0.411 e. The number of amides is 1. The third-order valence-corrected chi connectivity index (χ3v) is 2.38. The van der Waals surface area contributed by atoms with Gasteiger partial charge in [-0.3, -0.25) is 5.32 Å². The van der Waals surface area contributed by atoms with Crippen molar-refractivity contribution in [2.45, 2.75) is 13.8 Å². The van der Waals surface area contributed by atoms with Crippen LogP contribution in [0.5, 0.6) is 0 Å². The van der Waals surface area contributed by atoms with Crippen LogP contribution in [0.3, 0.4) is 0 Å². The standard InChI is InChI=1S/C12H16ClN3O3/c1-7(2)6-19-12(17)15-10-5-8(13)3-4-9(10)11(14)16-18/h3-5,7,18H,6H2,1-2H3,(H2,14,16)(H,15,17). The summed E-state index contributed by atoms with van der Waals surface area (Å²) in [4.78, 5) is 11.6. The topological polar surface area (TPSA) is 96.9 Å². The van der Waals surface area contributed by atoms with E-state index in [1.807, 2.05) is 13.8 Å². The van der Waals surface area contributed by atoms with Crippen molar-refractivity contribution in [1.29, 1.82) is 0 Å². The van der Waals surface area contributed by atoms with Crippen LogP contribution in [0.25, 0.3) is 0 Å². The van der Waals surface area contributed by atoms with Gasteiger partial charge in [-0.15, -0.1) is 0 Å². The van der Waals surface area contributed by atoms with Crippen LogP contribution < -0.4 is 11.1 Å². The van der Waals surface area contributed by atoms with Crippen LogP contribution >= 0.6 is 11.6 Å². The van der Waals surface area contributed by atoms with Crippen LogP contribution in [0.15, 0.2) is 23.4 Å². The molecule has 0 saturated carbocycles. The van der Waals surface area contributed by atoms with Crippen molar-refractivity contribution in [3.8, 4) is 0 Å². The lowest BCUT2D eigenvalue weighted by Gasteiger charge is -2.12. The van der Waals surface area contributed by atoms with E-state index in [0.717, 1.165) is 0 Å². The number of halogens is 1. The lowest BCUT2D eigenvalue weighted by atomic mass is 10.1. The van der Waals surface area contributed by atoms with E-state index in [1.54, 1.807) is 6.07 Å². The van der Waals surface area contributed by atoms with E-state index in [0.29, 0.717) is 22.9 Å². The maximum atomic E-state index is 11.6. The zero-order valence-corrected chi connectivity index (χ0v) is 11.4. The van der Waals surface area contributed by atoms with E-state index in [2.05, 4.69) is 10.5 Å². The summed E-state index contributed by atoms with van der Waals surface area (Å²) in [6.45, 7) is 4.15. The fourth-order valence-corrected chi connectivity index (χ4v) is 1.46. The highest BCUT2D eigenvalue weighted by atomic mass is 35.5. The van der Waals surface area contributed by atoms with E-state index >= 15 is 0 Å². The number of carbonyl (C=O) groups is 1. The molecule has 1 rings (SSSR count). The summed E-state index contributed by atoms with van der Waals surface area (Å²) in [5.74, 6) is 0.101. The molecule has 1 aromatic rings. The lowest BCUT2D eigenvalue weighted by Crippen LogP contribution is -2.21. The molecular formula is C12H16ClN3O3. The second kappa shape index (κ2) is 6.84. The van der Waals surface area contributed by atoms with Gasteiger partial charge in [-0.2, -0.15) is 0 Å². The number of nitrogens with two attached hydrogens (primary N) is 1. The minimum atomic E-state index is -0.622. The average Bonchev–Trinajstić information content (AvgIpc) is 2.35. The van der Waals surface area contributed by atoms with E-state index in [-0.39, 0.29) is 11.8 Å². The van der Waals surface area contributed by atoms with E-state index < -0.39 is 6.09 Å². The number of oxime groups is 1. The molecule has 0 bridgehead atoms. The lowest BCUT2D eigenvalue weighted by molar-refractivity contribution is 0.147. The Bertz CT molecular complexity index is 489. The fourth-order valence-electron chi connectivity index (χ4n) is 1.29. The average molecular weight is 286 g/mol. The van der Waals surface area contributed by atoms with Gasteiger partial charge in [0.2, 0.25) is 0 Å². The van der Waals surface area contributed by atoms with Gasteiger partial charge >= 0.3 is 6.09 Å². The predicted molar refractivity (Wildman–Crippen MR) is 73.8 cm³/mol. The molecular weight excluding hydrogens is 270 g/mol. The minimum absolute atomic E-state index is 0.129. The van der Waals surface area contributed by atoms with E-state index in [1.165, 1.54) is 12.1 Å². The Kier molecular flexibility index (Phi) is 5.44. The zero-order valence-electron chi connectivity index (χ0n) is 10.7. The third kappa shape index (κ3) is 4.67. The molecule has 6 nitrogen and oxygen atoms in total. The normalized spacial score (nSPS) is 11.5. The largest absolute Gasteiger partial charge is 0.449 e. The monoisotopic (exact) mass is 285 g/mol. The molecule has 0 heterocycles. The van der Waals surface area contributed by atoms with Gasteiger partial charge in [0.25, 0.3) is 0 Å². The number of anilines is 1. The van der Waals surface area contributed by atoms with E-state index in [9.17, 15) is 4.79 Å². The molecule has 0 spiro atoms. The number of hydrogen-bond donors (Lipinski definition) is 3. The highest BCUT2D eigenvalue weighted by molar-refractivity contribution is 6.31. The first kappa shape index (κ1) is 15.1. The first-order chi connectivity index (χ1) is 8.93. The zero-order chi connectivity index (χ0) is 14.4. The Hall–Kier alpha value is -1.95. The number of rotatable bonds is 4. The molecule has 0 aliphatic rings. The molecule has 0 atom stereocenters.